The SMILES string of the molecule is CC(=O)c1nn(CC(=O)N2CCC[C@H]2C(=O)NC[C@H]2CC2(Cl)Cl)c2ncccc12. The lowest BCUT2D eigenvalue weighted by Crippen LogP contribution is -2.47. The lowest BCUT2D eigenvalue weighted by molar-refractivity contribution is -0.139. The minimum Gasteiger partial charge on any atom is -0.354 e. The van der Waals surface area contributed by atoms with Crippen molar-refractivity contribution in [2.75, 3.05) is 13.1 Å². The largest absolute Gasteiger partial charge is 0.354 e. The number of ketones is 1. The molecule has 2 aliphatic rings. The molecule has 1 aliphatic carbocycles. The van der Waals surface area contributed by atoms with Gasteiger partial charge >= 0.3 is 0 Å². The maximum atomic E-state index is 12.9. The fraction of sp³-hybridized carbons (Fsp3) is 0.526. The number of rotatable bonds is 6. The van der Waals surface area contributed by atoms with Gasteiger partial charge in [0, 0.05) is 32.1 Å². The molecule has 0 radical (unpaired) electrons. The molecule has 2 aromatic heterocycles. The van der Waals surface area contributed by atoms with Crippen molar-refractivity contribution in [2.45, 2.75) is 43.1 Å². The summed E-state index contributed by atoms with van der Waals surface area (Å²) in [6, 6.07) is 2.95. The summed E-state index contributed by atoms with van der Waals surface area (Å²) in [5, 5.41) is 7.75. The molecule has 0 bridgehead atoms. The molecule has 1 N–H and O–H groups in total. The van der Waals surface area contributed by atoms with Gasteiger partial charge in [-0.25, -0.2) is 9.67 Å². The van der Waals surface area contributed by atoms with Gasteiger partial charge in [0.2, 0.25) is 11.8 Å². The molecule has 1 saturated heterocycles. The molecule has 3 heterocycles. The van der Waals surface area contributed by atoms with Gasteiger partial charge in [-0.15, -0.1) is 23.2 Å². The minimum atomic E-state index is -0.749. The van der Waals surface area contributed by atoms with E-state index in [1.807, 2.05) is 0 Å². The van der Waals surface area contributed by atoms with E-state index in [-0.39, 0.29) is 35.8 Å². The average molecular weight is 438 g/mol. The van der Waals surface area contributed by atoms with E-state index < -0.39 is 10.4 Å². The Hall–Kier alpha value is -2.19. The van der Waals surface area contributed by atoms with Crippen molar-refractivity contribution < 1.29 is 14.4 Å². The minimum absolute atomic E-state index is 0.0480. The molecular formula is C19H21Cl2N5O3. The molecule has 1 aliphatic heterocycles. The maximum absolute atomic E-state index is 12.9. The predicted octanol–water partition coefficient (Wildman–Crippen LogP) is 1.93. The van der Waals surface area contributed by atoms with Gasteiger partial charge in [0.1, 0.15) is 22.6 Å². The van der Waals surface area contributed by atoms with Crippen LogP contribution in [0.4, 0.5) is 0 Å². The second-order valence-corrected chi connectivity index (χ2v) is 9.13. The van der Waals surface area contributed by atoms with Crippen LogP contribution in [0.1, 0.15) is 36.7 Å². The highest BCUT2D eigenvalue weighted by Gasteiger charge is 2.51. The van der Waals surface area contributed by atoms with E-state index in [4.69, 9.17) is 23.2 Å². The van der Waals surface area contributed by atoms with Crippen molar-refractivity contribution in [1.29, 1.82) is 0 Å². The van der Waals surface area contributed by atoms with Crippen LogP contribution in [-0.4, -0.2) is 60.7 Å². The van der Waals surface area contributed by atoms with Gasteiger partial charge < -0.3 is 10.2 Å². The Morgan fingerprint density at radius 3 is 2.79 bits per heavy atom. The molecule has 10 heteroatoms. The molecule has 0 spiro atoms. The van der Waals surface area contributed by atoms with E-state index >= 15 is 0 Å². The molecular weight excluding hydrogens is 417 g/mol. The summed E-state index contributed by atoms with van der Waals surface area (Å²) in [4.78, 5) is 43.2. The number of likely N-dealkylation sites (tertiary alicyclic amines) is 1. The molecule has 0 unspecified atom stereocenters. The van der Waals surface area contributed by atoms with E-state index in [9.17, 15) is 14.4 Å². The standard InChI is InChI=1S/C19H21Cl2N5O3/c1-11(27)16-13-4-2-6-22-17(13)26(24-16)10-15(28)25-7-3-5-14(25)18(29)23-9-12-8-19(12,20)21/h2,4,6,12,14H,3,5,7-10H2,1H3,(H,23,29)/t12-,14+/m1/s1. The normalized spacial score (nSPS) is 22.7. The number of Topliss-reactive ketones (excluding diaryl/α,β-unsaturated/α-hetero) is 1. The highest BCUT2D eigenvalue weighted by Crippen LogP contribution is 2.52. The molecule has 2 amide bonds. The second-order valence-electron chi connectivity index (χ2n) is 7.59. The molecule has 2 fully saturated rings. The first kappa shape index (κ1) is 20.1. The van der Waals surface area contributed by atoms with E-state index in [0.717, 1.165) is 6.42 Å². The summed E-state index contributed by atoms with van der Waals surface area (Å²) in [6.45, 7) is 2.25. The van der Waals surface area contributed by atoms with Crippen LogP contribution in [0.5, 0.6) is 0 Å². The molecule has 4 rings (SSSR count). The third kappa shape index (κ3) is 3.96. The Kier molecular flexibility index (Phi) is 5.25. The van der Waals surface area contributed by atoms with Crippen molar-refractivity contribution in [1.82, 2.24) is 25.0 Å². The smallest absolute Gasteiger partial charge is 0.245 e. The summed E-state index contributed by atoms with van der Waals surface area (Å²) in [5.41, 5.74) is 0.757. The van der Waals surface area contributed by atoms with E-state index in [2.05, 4.69) is 15.4 Å². The monoisotopic (exact) mass is 437 g/mol. The molecule has 8 nitrogen and oxygen atoms in total. The Bertz CT molecular complexity index is 989. The van der Waals surface area contributed by atoms with Crippen molar-refractivity contribution >= 4 is 51.8 Å². The Balaban J connectivity index is 1.46. The fourth-order valence-electron chi connectivity index (χ4n) is 3.77. The summed E-state index contributed by atoms with van der Waals surface area (Å²) < 4.78 is 0.683. The second kappa shape index (κ2) is 7.57. The lowest BCUT2D eigenvalue weighted by atomic mass is 10.2. The van der Waals surface area contributed by atoms with Crippen molar-refractivity contribution in [3.05, 3.63) is 24.0 Å². The number of carbonyl (C=O) groups is 3. The molecule has 1 saturated carbocycles. The van der Waals surface area contributed by atoms with Crippen LogP contribution in [0.2, 0.25) is 0 Å². The average Bonchev–Trinajstić information content (AvgIpc) is 3.06. The van der Waals surface area contributed by atoms with Crippen molar-refractivity contribution in [2.24, 2.45) is 5.92 Å². The highest BCUT2D eigenvalue weighted by molar-refractivity contribution is 6.50. The van der Waals surface area contributed by atoms with Crippen LogP contribution in [0.3, 0.4) is 0 Å². The van der Waals surface area contributed by atoms with Crippen LogP contribution < -0.4 is 5.32 Å². The molecule has 29 heavy (non-hydrogen) atoms. The van der Waals surface area contributed by atoms with Crippen LogP contribution >= 0.6 is 23.2 Å². The number of hydrogen-bond donors (Lipinski definition) is 1. The highest BCUT2D eigenvalue weighted by atomic mass is 35.5. The van der Waals surface area contributed by atoms with Gasteiger partial charge in [-0.1, -0.05) is 0 Å². The van der Waals surface area contributed by atoms with E-state index in [1.54, 1.807) is 23.2 Å². The van der Waals surface area contributed by atoms with Gasteiger partial charge in [0.15, 0.2) is 11.4 Å². The van der Waals surface area contributed by atoms with E-state index in [1.165, 1.54) is 11.6 Å². The zero-order chi connectivity index (χ0) is 20.8. The molecule has 0 aromatic carbocycles. The zero-order valence-electron chi connectivity index (χ0n) is 15.9. The topological polar surface area (TPSA) is 97.2 Å². The third-order valence-electron chi connectivity index (χ3n) is 5.48. The number of nitrogens with zero attached hydrogens (tertiary/aromatic N) is 4. The number of halogens is 2. The van der Waals surface area contributed by atoms with Gasteiger partial charge in [-0.2, -0.15) is 5.10 Å². The van der Waals surface area contributed by atoms with Crippen molar-refractivity contribution in [3.8, 4) is 0 Å². The van der Waals surface area contributed by atoms with Crippen LogP contribution in [0.15, 0.2) is 18.3 Å². The first-order chi connectivity index (χ1) is 13.8. The van der Waals surface area contributed by atoms with Gasteiger partial charge in [0.05, 0.1) is 5.39 Å². The number of hydrogen-bond acceptors (Lipinski definition) is 5. The van der Waals surface area contributed by atoms with Gasteiger partial charge in [-0.3, -0.25) is 14.4 Å². The molecule has 2 atom stereocenters. The lowest BCUT2D eigenvalue weighted by Gasteiger charge is -2.24. The summed E-state index contributed by atoms with van der Waals surface area (Å²) in [5.74, 6) is -0.572. The quantitative estimate of drug-likeness (QED) is 0.549. The first-order valence-corrected chi connectivity index (χ1v) is 10.3. The fourth-order valence-corrected chi connectivity index (χ4v) is 4.30. The third-order valence-corrected chi connectivity index (χ3v) is 6.41. The summed E-state index contributed by atoms with van der Waals surface area (Å²) in [7, 11) is 0. The Labute approximate surface area is 177 Å². The van der Waals surface area contributed by atoms with Crippen LogP contribution in [-0.2, 0) is 16.1 Å². The number of fused-ring (bicyclic) bond motifs is 1. The Morgan fingerprint density at radius 1 is 1.34 bits per heavy atom. The van der Waals surface area contributed by atoms with Crippen molar-refractivity contribution in [3.63, 3.8) is 0 Å². The summed E-state index contributed by atoms with van der Waals surface area (Å²) >= 11 is 12.0. The number of nitrogens with one attached hydrogen (secondary N) is 1. The first-order valence-electron chi connectivity index (χ1n) is 9.55. The molecule has 154 valence electrons. The van der Waals surface area contributed by atoms with Gasteiger partial charge in [0.25, 0.3) is 0 Å². The van der Waals surface area contributed by atoms with Gasteiger partial charge in [-0.05, 0) is 31.4 Å². The Morgan fingerprint density at radius 2 is 2.10 bits per heavy atom. The van der Waals surface area contributed by atoms with Crippen LogP contribution in [0, 0.1) is 5.92 Å². The summed E-state index contributed by atoms with van der Waals surface area (Å²) in [6.07, 6.45) is 3.60. The molecule has 2 aromatic rings. The zero-order valence-corrected chi connectivity index (χ0v) is 17.4. The number of amides is 2. The predicted molar refractivity (Wildman–Crippen MR) is 108 cm³/mol. The number of pyridine rings is 1. The number of alkyl halides is 2. The maximum Gasteiger partial charge on any atom is 0.245 e. The van der Waals surface area contributed by atoms with E-state index in [0.29, 0.717) is 37.0 Å². The van der Waals surface area contributed by atoms with Crippen LogP contribution in [0.25, 0.3) is 11.0 Å². The number of aromatic nitrogens is 3. The number of carbonyl (C=O) groups excluding carboxylic acids is 3.